The van der Waals surface area contributed by atoms with Crippen LogP contribution in [-0.4, -0.2) is 36.5 Å². The molecule has 0 spiro atoms. The number of likely N-dealkylation sites (N-methyl/N-ethyl adjacent to an activating group) is 1. The summed E-state index contributed by atoms with van der Waals surface area (Å²) in [4.78, 5) is 12.9. The van der Waals surface area contributed by atoms with Crippen molar-refractivity contribution in [1.82, 2.24) is 4.90 Å². The lowest BCUT2D eigenvalue weighted by atomic mass is 10.0. The largest absolute Gasteiger partial charge is 0.401 e. The third-order valence-electron chi connectivity index (χ3n) is 2.60. The van der Waals surface area contributed by atoms with Crippen molar-refractivity contribution in [1.29, 1.82) is 0 Å². The molecule has 0 radical (unpaired) electrons. The van der Waals surface area contributed by atoms with Crippen molar-refractivity contribution in [3.05, 3.63) is 34.3 Å². The van der Waals surface area contributed by atoms with Gasteiger partial charge >= 0.3 is 6.18 Å². The number of halogens is 4. The van der Waals surface area contributed by atoms with E-state index in [1.165, 1.54) is 14.0 Å². The van der Waals surface area contributed by atoms with Gasteiger partial charge in [-0.3, -0.25) is 9.69 Å². The number of ketones is 1. The predicted octanol–water partition coefficient (Wildman–Crippen LogP) is 3.51. The van der Waals surface area contributed by atoms with Crippen LogP contribution in [0.25, 0.3) is 0 Å². The summed E-state index contributed by atoms with van der Waals surface area (Å²) in [5.41, 5.74) is 0.403. The first-order valence-corrected chi connectivity index (χ1v) is 6.07. The second-order valence-electron chi connectivity index (χ2n) is 4.08. The number of Topliss-reactive ketones (excluding diaryl/α,β-unsaturated/α-hetero) is 1. The van der Waals surface area contributed by atoms with Gasteiger partial charge in [0, 0.05) is 10.0 Å². The van der Waals surface area contributed by atoms with Crippen molar-refractivity contribution < 1.29 is 18.0 Å². The Bertz CT molecular complexity index is 416. The second-order valence-corrected chi connectivity index (χ2v) is 4.99. The van der Waals surface area contributed by atoms with Crippen LogP contribution in [0.4, 0.5) is 13.2 Å². The Hall–Kier alpha value is -0.880. The predicted molar refractivity (Wildman–Crippen MR) is 66.6 cm³/mol. The van der Waals surface area contributed by atoms with E-state index in [1.54, 1.807) is 24.3 Å². The maximum atomic E-state index is 12.2. The highest BCUT2D eigenvalue weighted by Gasteiger charge is 2.32. The van der Waals surface area contributed by atoms with Gasteiger partial charge in [0.2, 0.25) is 0 Å². The average Bonchev–Trinajstić information content (AvgIpc) is 2.26. The summed E-state index contributed by atoms with van der Waals surface area (Å²) < 4.78 is 37.5. The molecular formula is C12H13BrF3NO. The zero-order valence-corrected chi connectivity index (χ0v) is 11.5. The summed E-state index contributed by atoms with van der Waals surface area (Å²) in [5.74, 6) is -0.325. The molecule has 1 atom stereocenters. The van der Waals surface area contributed by atoms with Crippen LogP contribution in [0.15, 0.2) is 28.7 Å². The van der Waals surface area contributed by atoms with Gasteiger partial charge in [-0.25, -0.2) is 0 Å². The number of nitrogens with zero attached hydrogens (tertiary/aromatic N) is 1. The van der Waals surface area contributed by atoms with Crippen LogP contribution in [0, 0.1) is 0 Å². The molecule has 0 fully saturated rings. The van der Waals surface area contributed by atoms with Crippen molar-refractivity contribution >= 4 is 21.7 Å². The Kier molecular flexibility index (Phi) is 4.92. The molecule has 0 saturated heterocycles. The molecule has 2 nitrogen and oxygen atoms in total. The van der Waals surface area contributed by atoms with Crippen molar-refractivity contribution in [3.8, 4) is 0 Å². The lowest BCUT2D eigenvalue weighted by Gasteiger charge is -2.24. The Balaban J connectivity index is 2.75. The molecule has 1 rings (SSSR count). The molecule has 1 aromatic carbocycles. The summed E-state index contributed by atoms with van der Waals surface area (Å²) in [5, 5.41) is 0. The van der Waals surface area contributed by atoms with E-state index in [2.05, 4.69) is 15.9 Å². The van der Waals surface area contributed by atoms with Crippen LogP contribution in [0.1, 0.15) is 17.3 Å². The highest BCUT2D eigenvalue weighted by atomic mass is 79.9. The topological polar surface area (TPSA) is 20.3 Å². The fraction of sp³-hybridized carbons (Fsp3) is 0.417. The molecular weight excluding hydrogens is 311 g/mol. The highest BCUT2D eigenvalue weighted by Crippen LogP contribution is 2.19. The van der Waals surface area contributed by atoms with Gasteiger partial charge in [-0.2, -0.15) is 13.2 Å². The van der Waals surface area contributed by atoms with Gasteiger partial charge < -0.3 is 0 Å². The summed E-state index contributed by atoms with van der Waals surface area (Å²) in [6.07, 6.45) is -4.30. The number of hydrogen-bond acceptors (Lipinski definition) is 2. The Labute approximate surface area is 112 Å². The minimum Gasteiger partial charge on any atom is -0.292 e. The third-order valence-corrected chi connectivity index (χ3v) is 3.13. The van der Waals surface area contributed by atoms with Gasteiger partial charge in [0.15, 0.2) is 5.78 Å². The lowest BCUT2D eigenvalue weighted by Crippen LogP contribution is -2.41. The summed E-state index contributed by atoms with van der Waals surface area (Å²) in [6, 6.07) is 5.73. The maximum absolute atomic E-state index is 12.2. The Morgan fingerprint density at radius 1 is 1.33 bits per heavy atom. The quantitative estimate of drug-likeness (QED) is 0.790. The van der Waals surface area contributed by atoms with Gasteiger partial charge in [-0.05, 0) is 26.1 Å². The molecule has 6 heteroatoms. The highest BCUT2D eigenvalue weighted by molar-refractivity contribution is 9.10. The number of rotatable bonds is 4. The first kappa shape index (κ1) is 15.2. The molecule has 0 aromatic heterocycles. The molecule has 100 valence electrons. The zero-order valence-electron chi connectivity index (χ0n) is 9.96. The average molecular weight is 324 g/mol. The maximum Gasteiger partial charge on any atom is 0.401 e. The van der Waals surface area contributed by atoms with Crippen molar-refractivity contribution in [2.24, 2.45) is 0 Å². The number of benzene rings is 1. The van der Waals surface area contributed by atoms with Crippen LogP contribution in [-0.2, 0) is 0 Å². The fourth-order valence-corrected chi connectivity index (χ4v) is 1.74. The fourth-order valence-electron chi connectivity index (χ4n) is 1.48. The Morgan fingerprint density at radius 2 is 1.83 bits per heavy atom. The van der Waals surface area contributed by atoms with Gasteiger partial charge in [0.05, 0.1) is 12.6 Å². The van der Waals surface area contributed by atoms with Gasteiger partial charge in [-0.1, -0.05) is 28.1 Å². The van der Waals surface area contributed by atoms with Crippen LogP contribution < -0.4 is 0 Å². The number of alkyl halides is 3. The molecule has 0 aliphatic rings. The first-order valence-electron chi connectivity index (χ1n) is 5.27. The molecule has 0 bridgehead atoms. The monoisotopic (exact) mass is 323 g/mol. The van der Waals surface area contributed by atoms with E-state index < -0.39 is 18.8 Å². The van der Waals surface area contributed by atoms with E-state index in [-0.39, 0.29) is 5.78 Å². The molecule has 0 heterocycles. The summed E-state index contributed by atoms with van der Waals surface area (Å²) >= 11 is 3.23. The third kappa shape index (κ3) is 4.42. The smallest absolute Gasteiger partial charge is 0.292 e. The lowest BCUT2D eigenvalue weighted by molar-refractivity contribution is -0.145. The second kappa shape index (κ2) is 5.84. The van der Waals surface area contributed by atoms with Crippen LogP contribution in [0.5, 0.6) is 0 Å². The van der Waals surface area contributed by atoms with Gasteiger partial charge in [0.25, 0.3) is 0 Å². The van der Waals surface area contributed by atoms with Crippen molar-refractivity contribution in [2.75, 3.05) is 13.6 Å². The first-order chi connectivity index (χ1) is 8.20. The van der Waals surface area contributed by atoms with Gasteiger partial charge in [-0.15, -0.1) is 0 Å². The van der Waals surface area contributed by atoms with E-state index in [1.807, 2.05) is 0 Å². The summed E-state index contributed by atoms with van der Waals surface area (Å²) in [6.45, 7) is 0.368. The molecule has 0 aliphatic heterocycles. The van der Waals surface area contributed by atoms with Crippen molar-refractivity contribution in [2.45, 2.75) is 19.1 Å². The minimum absolute atomic E-state index is 0.325. The van der Waals surface area contributed by atoms with Crippen molar-refractivity contribution in [3.63, 3.8) is 0 Å². The molecule has 0 saturated carbocycles. The molecule has 0 aliphatic carbocycles. The van der Waals surface area contributed by atoms with Crippen LogP contribution >= 0.6 is 15.9 Å². The Morgan fingerprint density at radius 3 is 2.28 bits per heavy atom. The molecule has 1 unspecified atom stereocenters. The number of carbonyl (C=O) groups excluding carboxylic acids is 1. The van der Waals surface area contributed by atoms with E-state index in [9.17, 15) is 18.0 Å². The summed E-state index contributed by atoms with van der Waals surface area (Å²) in [7, 11) is 1.29. The molecule has 18 heavy (non-hydrogen) atoms. The van der Waals surface area contributed by atoms with E-state index in [0.717, 1.165) is 9.37 Å². The standard InChI is InChI=1S/C12H13BrF3NO/c1-8(17(2)7-12(14,15)16)11(18)9-3-5-10(13)6-4-9/h3-6,8H,7H2,1-2H3. The zero-order chi connectivity index (χ0) is 13.9. The van der Waals surface area contributed by atoms with E-state index in [0.29, 0.717) is 5.56 Å². The molecule has 1 aromatic rings. The normalized spacial score (nSPS) is 13.7. The molecule has 0 N–H and O–H groups in total. The minimum atomic E-state index is -4.30. The number of hydrogen-bond donors (Lipinski definition) is 0. The SMILES string of the molecule is CC(C(=O)c1ccc(Br)cc1)N(C)CC(F)(F)F. The van der Waals surface area contributed by atoms with E-state index in [4.69, 9.17) is 0 Å². The van der Waals surface area contributed by atoms with Gasteiger partial charge in [0.1, 0.15) is 0 Å². The van der Waals surface area contributed by atoms with Crippen LogP contribution in [0.2, 0.25) is 0 Å². The molecule has 0 amide bonds. The number of carbonyl (C=O) groups is 1. The van der Waals surface area contributed by atoms with Crippen LogP contribution in [0.3, 0.4) is 0 Å². The van der Waals surface area contributed by atoms with E-state index >= 15 is 0 Å².